The lowest BCUT2D eigenvalue weighted by molar-refractivity contribution is 0.289. The van der Waals surface area contributed by atoms with E-state index in [1.807, 2.05) is 0 Å². The molecule has 0 fully saturated rings. The van der Waals surface area contributed by atoms with Gasteiger partial charge in [-0.25, -0.2) is 0 Å². The van der Waals surface area contributed by atoms with Crippen LogP contribution in [0, 0.1) is 12.3 Å². The number of unbranched alkanes of at least 4 members (excludes halogenated alkanes) is 7. The molecule has 3 nitrogen and oxygen atoms in total. The second-order valence-electron chi connectivity index (χ2n) is 4.72. The van der Waals surface area contributed by atoms with Crippen molar-refractivity contribution in [3.63, 3.8) is 0 Å². The van der Waals surface area contributed by atoms with Gasteiger partial charge < -0.3 is 4.74 Å². The van der Waals surface area contributed by atoms with Gasteiger partial charge in [0.1, 0.15) is 5.69 Å². The predicted molar refractivity (Wildman–Crippen MR) is 78.1 cm³/mol. The normalized spacial score (nSPS) is 10.1. The minimum atomic E-state index is 0.541. The fourth-order valence-electron chi connectivity index (χ4n) is 1.89. The van der Waals surface area contributed by atoms with E-state index in [0.29, 0.717) is 18.2 Å². The summed E-state index contributed by atoms with van der Waals surface area (Å²) in [4.78, 5) is 0. The molecule has 0 atom stereocenters. The van der Waals surface area contributed by atoms with Crippen LogP contribution in [0.15, 0.2) is 12.1 Å². The molecule has 0 bridgehead atoms. The van der Waals surface area contributed by atoms with Gasteiger partial charge in [0.2, 0.25) is 5.88 Å². The molecule has 0 amide bonds. The zero-order chi connectivity index (χ0) is 13.8. The maximum absolute atomic E-state index is 5.51. The molecule has 0 N–H and O–H groups in total. The third-order valence-corrected chi connectivity index (χ3v) is 3.04. The van der Waals surface area contributed by atoms with Crippen LogP contribution in [-0.4, -0.2) is 16.8 Å². The SMILES string of the molecule is C#Cc1ccc(OCCCCCCCCCC)nn1. The van der Waals surface area contributed by atoms with Crippen molar-refractivity contribution in [2.24, 2.45) is 0 Å². The van der Waals surface area contributed by atoms with E-state index in [9.17, 15) is 0 Å². The van der Waals surface area contributed by atoms with E-state index in [0.717, 1.165) is 6.42 Å². The van der Waals surface area contributed by atoms with Crippen LogP contribution in [-0.2, 0) is 0 Å². The summed E-state index contributed by atoms with van der Waals surface area (Å²) < 4.78 is 5.51. The number of hydrogen-bond donors (Lipinski definition) is 0. The van der Waals surface area contributed by atoms with Crippen LogP contribution in [0.4, 0.5) is 0 Å². The van der Waals surface area contributed by atoms with Gasteiger partial charge in [-0.15, -0.1) is 16.6 Å². The molecule has 1 rings (SSSR count). The monoisotopic (exact) mass is 260 g/mol. The smallest absolute Gasteiger partial charge is 0.233 e. The average molecular weight is 260 g/mol. The summed E-state index contributed by atoms with van der Waals surface area (Å²) in [5.74, 6) is 2.99. The molecule has 0 radical (unpaired) electrons. The Kier molecular flexibility index (Phi) is 8.46. The first-order chi connectivity index (χ1) is 9.36. The summed E-state index contributed by atoms with van der Waals surface area (Å²) in [6, 6.07) is 3.52. The van der Waals surface area contributed by atoms with Gasteiger partial charge in [0.15, 0.2) is 0 Å². The van der Waals surface area contributed by atoms with Gasteiger partial charge in [-0.2, -0.15) is 0 Å². The van der Waals surface area contributed by atoms with Crippen molar-refractivity contribution >= 4 is 0 Å². The molecule has 104 valence electrons. The minimum Gasteiger partial charge on any atom is -0.477 e. The van der Waals surface area contributed by atoms with Crippen LogP contribution >= 0.6 is 0 Å². The van der Waals surface area contributed by atoms with Crippen LogP contribution in [0.25, 0.3) is 0 Å². The molecule has 3 heteroatoms. The van der Waals surface area contributed by atoms with Gasteiger partial charge in [-0.1, -0.05) is 51.9 Å². The number of hydrogen-bond acceptors (Lipinski definition) is 3. The highest BCUT2D eigenvalue weighted by Crippen LogP contribution is 2.09. The number of rotatable bonds is 10. The van der Waals surface area contributed by atoms with Crippen molar-refractivity contribution in [1.82, 2.24) is 10.2 Å². The predicted octanol–water partition coefficient (Wildman–Crippen LogP) is 3.98. The summed E-state index contributed by atoms with van der Waals surface area (Å²) >= 11 is 0. The second-order valence-corrected chi connectivity index (χ2v) is 4.72. The van der Waals surface area contributed by atoms with Crippen LogP contribution in [0.1, 0.15) is 64.0 Å². The summed E-state index contributed by atoms with van der Waals surface area (Å²) in [6.45, 7) is 2.95. The van der Waals surface area contributed by atoms with Gasteiger partial charge in [0.05, 0.1) is 6.61 Å². The number of ether oxygens (including phenoxy) is 1. The summed E-state index contributed by atoms with van der Waals surface area (Å²) in [7, 11) is 0. The topological polar surface area (TPSA) is 35.0 Å². The zero-order valence-corrected chi connectivity index (χ0v) is 11.9. The molecule has 0 aliphatic rings. The molecule has 0 saturated carbocycles. The van der Waals surface area contributed by atoms with E-state index in [-0.39, 0.29) is 0 Å². The number of nitrogens with zero attached hydrogens (tertiary/aromatic N) is 2. The van der Waals surface area contributed by atoms with Crippen molar-refractivity contribution in [1.29, 1.82) is 0 Å². The molecule has 1 aromatic heterocycles. The van der Waals surface area contributed by atoms with Gasteiger partial charge in [-0.3, -0.25) is 0 Å². The number of aromatic nitrogens is 2. The van der Waals surface area contributed by atoms with E-state index in [4.69, 9.17) is 11.2 Å². The molecule has 0 aliphatic heterocycles. The lowest BCUT2D eigenvalue weighted by Gasteiger charge is -2.04. The molecule has 0 spiro atoms. The van der Waals surface area contributed by atoms with Crippen molar-refractivity contribution < 1.29 is 4.74 Å². The van der Waals surface area contributed by atoms with Gasteiger partial charge in [-0.05, 0) is 18.4 Å². The fraction of sp³-hybridized carbons (Fsp3) is 0.625. The first-order valence-corrected chi connectivity index (χ1v) is 7.30. The number of terminal acetylenes is 1. The summed E-state index contributed by atoms with van der Waals surface area (Å²) in [6.07, 6.45) is 15.6. The molecule has 1 aromatic rings. The molecule has 1 heterocycles. The van der Waals surface area contributed by atoms with E-state index in [1.165, 1.54) is 44.9 Å². The maximum Gasteiger partial charge on any atom is 0.233 e. The Bertz CT molecular complexity index is 367. The molecule has 0 aliphatic carbocycles. The van der Waals surface area contributed by atoms with E-state index >= 15 is 0 Å². The van der Waals surface area contributed by atoms with Gasteiger partial charge in [0.25, 0.3) is 0 Å². The van der Waals surface area contributed by atoms with Crippen LogP contribution < -0.4 is 4.74 Å². The van der Waals surface area contributed by atoms with Crippen LogP contribution in [0.2, 0.25) is 0 Å². The lowest BCUT2D eigenvalue weighted by atomic mass is 10.1. The summed E-state index contributed by atoms with van der Waals surface area (Å²) in [5, 5.41) is 7.75. The standard InChI is InChI=1S/C16H24N2O/c1-3-5-6-7-8-9-10-11-14-19-16-13-12-15(4-2)17-18-16/h2,12-13H,3,5-11,14H2,1H3. The Morgan fingerprint density at radius 2 is 1.68 bits per heavy atom. The van der Waals surface area contributed by atoms with Crippen LogP contribution in [0.5, 0.6) is 5.88 Å². The van der Waals surface area contributed by atoms with Crippen molar-refractivity contribution in [3.05, 3.63) is 17.8 Å². The Balaban J connectivity index is 1.97. The largest absolute Gasteiger partial charge is 0.477 e. The highest BCUT2D eigenvalue weighted by Gasteiger charge is 1.97. The van der Waals surface area contributed by atoms with Crippen molar-refractivity contribution in [3.8, 4) is 18.2 Å². The Hall–Kier alpha value is -1.56. The van der Waals surface area contributed by atoms with Gasteiger partial charge >= 0.3 is 0 Å². The lowest BCUT2D eigenvalue weighted by Crippen LogP contribution is -2.00. The maximum atomic E-state index is 5.51. The Morgan fingerprint density at radius 3 is 2.26 bits per heavy atom. The highest BCUT2D eigenvalue weighted by atomic mass is 16.5. The quantitative estimate of drug-likeness (QED) is 0.471. The average Bonchev–Trinajstić information content (AvgIpc) is 2.46. The second kappa shape index (κ2) is 10.4. The molecule has 0 unspecified atom stereocenters. The minimum absolute atomic E-state index is 0.541. The van der Waals surface area contributed by atoms with E-state index < -0.39 is 0 Å². The fourth-order valence-corrected chi connectivity index (χ4v) is 1.89. The first kappa shape index (κ1) is 15.5. The first-order valence-electron chi connectivity index (χ1n) is 7.30. The highest BCUT2D eigenvalue weighted by molar-refractivity contribution is 5.24. The molecular formula is C16H24N2O. The Morgan fingerprint density at radius 1 is 1.00 bits per heavy atom. The molecule has 19 heavy (non-hydrogen) atoms. The van der Waals surface area contributed by atoms with Crippen molar-refractivity contribution in [2.45, 2.75) is 58.3 Å². The molecule has 0 saturated heterocycles. The van der Waals surface area contributed by atoms with E-state index in [2.05, 4.69) is 23.0 Å². The van der Waals surface area contributed by atoms with E-state index in [1.54, 1.807) is 12.1 Å². The van der Waals surface area contributed by atoms with Crippen molar-refractivity contribution in [2.75, 3.05) is 6.61 Å². The zero-order valence-electron chi connectivity index (χ0n) is 11.9. The molecule has 0 aromatic carbocycles. The Labute approximate surface area is 116 Å². The van der Waals surface area contributed by atoms with Crippen LogP contribution in [0.3, 0.4) is 0 Å². The summed E-state index contributed by atoms with van der Waals surface area (Å²) in [5.41, 5.74) is 0.541. The third-order valence-electron chi connectivity index (χ3n) is 3.04. The molecular weight excluding hydrogens is 236 g/mol. The third kappa shape index (κ3) is 7.46. The van der Waals surface area contributed by atoms with Gasteiger partial charge in [0, 0.05) is 6.07 Å².